The average molecular weight is 341 g/mol. The maximum absolute atomic E-state index is 12.8. The Labute approximate surface area is 145 Å². The van der Waals surface area contributed by atoms with Gasteiger partial charge in [-0.25, -0.2) is 4.98 Å². The summed E-state index contributed by atoms with van der Waals surface area (Å²) in [5.41, 5.74) is 2.97. The zero-order chi connectivity index (χ0) is 17.1. The molecule has 2 heterocycles. The first-order valence-corrected chi connectivity index (χ1v) is 8.62. The molecule has 0 spiro atoms. The molecular weight excluding hydrogens is 322 g/mol. The van der Waals surface area contributed by atoms with Crippen LogP contribution in [0.3, 0.4) is 0 Å². The second-order valence-electron chi connectivity index (χ2n) is 5.78. The minimum atomic E-state index is -0.149. The van der Waals surface area contributed by atoms with Crippen molar-refractivity contribution in [1.29, 1.82) is 0 Å². The van der Waals surface area contributed by atoms with Gasteiger partial charge in [-0.3, -0.25) is 9.59 Å². The van der Waals surface area contributed by atoms with E-state index in [1.807, 2.05) is 6.07 Å². The third-order valence-electron chi connectivity index (χ3n) is 4.02. The Balaban J connectivity index is 1.85. The largest absolute Gasteiger partial charge is 0.353 e. The second kappa shape index (κ2) is 7.05. The van der Waals surface area contributed by atoms with Crippen LogP contribution < -0.4 is 5.32 Å². The highest BCUT2D eigenvalue weighted by molar-refractivity contribution is 7.99. The van der Waals surface area contributed by atoms with E-state index in [2.05, 4.69) is 36.3 Å². The highest BCUT2D eigenvalue weighted by atomic mass is 32.2. The van der Waals surface area contributed by atoms with E-state index in [-0.39, 0.29) is 18.4 Å². The summed E-state index contributed by atoms with van der Waals surface area (Å²) in [7, 11) is 0. The summed E-state index contributed by atoms with van der Waals surface area (Å²) in [6, 6.07) is 9.71. The van der Waals surface area contributed by atoms with Crippen molar-refractivity contribution in [2.75, 3.05) is 19.6 Å². The first-order chi connectivity index (χ1) is 11.5. The maximum Gasteiger partial charge on any atom is 0.257 e. The number of carbonyl (C=O) groups excluding carboxylic acids is 2. The molecule has 1 N–H and O–H groups in total. The van der Waals surface area contributed by atoms with Gasteiger partial charge in [0.25, 0.3) is 5.91 Å². The van der Waals surface area contributed by atoms with Gasteiger partial charge < -0.3 is 10.2 Å². The lowest BCUT2D eigenvalue weighted by Crippen LogP contribution is -2.50. The van der Waals surface area contributed by atoms with Gasteiger partial charge in [-0.15, -0.1) is 0 Å². The van der Waals surface area contributed by atoms with Crippen LogP contribution in [0.4, 0.5) is 0 Å². The smallest absolute Gasteiger partial charge is 0.257 e. The molecule has 1 aromatic carbocycles. The van der Waals surface area contributed by atoms with Crippen molar-refractivity contribution in [2.45, 2.75) is 23.8 Å². The molecule has 124 valence electrons. The second-order valence-corrected chi connectivity index (χ2v) is 6.84. The summed E-state index contributed by atoms with van der Waals surface area (Å²) >= 11 is 1.47. The van der Waals surface area contributed by atoms with E-state index in [9.17, 15) is 9.59 Å². The van der Waals surface area contributed by atoms with Crippen LogP contribution in [0.25, 0.3) is 0 Å². The summed E-state index contributed by atoms with van der Waals surface area (Å²) in [4.78, 5) is 31.3. The summed E-state index contributed by atoms with van der Waals surface area (Å²) in [5, 5.41) is 3.39. The molecule has 2 amide bonds. The van der Waals surface area contributed by atoms with Crippen molar-refractivity contribution in [3.05, 3.63) is 53.2 Å². The molecule has 0 bridgehead atoms. The van der Waals surface area contributed by atoms with Gasteiger partial charge in [0.1, 0.15) is 5.03 Å². The zero-order valence-electron chi connectivity index (χ0n) is 13.7. The predicted molar refractivity (Wildman–Crippen MR) is 93.2 cm³/mol. The third-order valence-corrected chi connectivity index (χ3v) is 5.03. The van der Waals surface area contributed by atoms with Gasteiger partial charge in [0.2, 0.25) is 5.91 Å². The van der Waals surface area contributed by atoms with Crippen molar-refractivity contribution in [3.63, 3.8) is 0 Å². The fourth-order valence-electron chi connectivity index (χ4n) is 2.51. The van der Waals surface area contributed by atoms with Crippen molar-refractivity contribution >= 4 is 23.6 Å². The number of nitrogens with zero attached hydrogens (tertiary/aromatic N) is 2. The molecule has 0 unspecified atom stereocenters. The Hall–Kier alpha value is -2.34. The summed E-state index contributed by atoms with van der Waals surface area (Å²) in [5.74, 6) is -0.272. The summed E-state index contributed by atoms with van der Waals surface area (Å²) in [6.45, 7) is 5.25. The van der Waals surface area contributed by atoms with E-state index in [4.69, 9.17) is 0 Å². The monoisotopic (exact) mass is 341 g/mol. The van der Waals surface area contributed by atoms with Crippen LogP contribution >= 0.6 is 11.8 Å². The van der Waals surface area contributed by atoms with Gasteiger partial charge in [-0.1, -0.05) is 17.8 Å². The van der Waals surface area contributed by atoms with Gasteiger partial charge in [-0.2, -0.15) is 0 Å². The molecule has 1 aliphatic rings. The van der Waals surface area contributed by atoms with Crippen LogP contribution in [0.1, 0.15) is 21.5 Å². The molecule has 0 radical (unpaired) electrons. The summed E-state index contributed by atoms with van der Waals surface area (Å²) in [6.07, 6.45) is 1.68. The fourth-order valence-corrected chi connectivity index (χ4v) is 3.48. The van der Waals surface area contributed by atoms with E-state index in [0.29, 0.717) is 23.7 Å². The molecule has 1 fully saturated rings. The number of rotatable bonds is 3. The molecule has 1 saturated heterocycles. The quantitative estimate of drug-likeness (QED) is 0.931. The highest BCUT2D eigenvalue weighted by Gasteiger charge is 2.24. The number of nitrogens with one attached hydrogen (secondary N) is 1. The van der Waals surface area contributed by atoms with E-state index in [1.54, 1.807) is 23.2 Å². The Kier molecular flexibility index (Phi) is 4.85. The SMILES string of the molecule is Cc1ccc(Sc2ncccc2C(=O)N2CCNC(=O)C2)cc1C. The van der Waals surface area contributed by atoms with Crippen LogP contribution in [0.5, 0.6) is 0 Å². The van der Waals surface area contributed by atoms with E-state index < -0.39 is 0 Å². The van der Waals surface area contributed by atoms with Crippen molar-refractivity contribution < 1.29 is 9.59 Å². The Bertz CT molecular complexity index is 792. The predicted octanol–water partition coefficient (Wildman–Crippen LogP) is 2.42. The normalized spacial score (nSPS) is 14.4. The molecule has 2 aromatic rings. The minimum Gasteiger partial charge on any atom is -0.353 e. The lowest BCUT2D eigenvalue weighted by molar-refractivity contribution is -0.123. The van der Waals surface area contributed by atoms with Crippen LogP contribution in [-0.4, -0.2) is 41.3 Å². The molecular formula is C18H19N3O2S. The van der Waals surface area contributed by atoms with Gasteiger partial charge in [0.05, 0.1) is 12.1 Å². The number of hydrogen-bond acceptors (Lipinski definition) is 4. The minimum absolute atomic E-state index is 0.0987. The number of piperazine rings is 1. The lowest BCUT2D eigenvalue weighted by Gasteiger charge is -2.27. The lowest BCUT2D eigenvalue weighted by atomic mass is 10.1. The number of amides is 2. The molecule has 5 nitrogen and oxygen atoms in total. The van der Waals surface area contributed by atoms with Crippen molar-refractivity contribution in [3.8, 4) is 0 Å². The Morgan fingerprint density at radius 1 is 1.25 bits per heavy atom. The molecule has 1 aromatic heterocycles. The molecule has 24 heavy (non-hydrogen) atoms. The average Bonchev–Trinajstić information content (AvgIpc) is 2.58. The molecule has 0 aliphatic carbocycles. The van der Waals surface area contributed by atoms with Gasteiger partial charge in [0.15, 0.2) is 0 Å². The van der Waals surface area contributed by atoms with Crippen molar-refractivity contribution in [1.82, 2.24) is 15.2 Å². The zero-order valence-corrected chi connectivity index (χ0v) is 14.5. The van der Waals surface area contributed by atoms with Crippen LogP contribution in [0.2, 0.25) is 0 Å². The number of carbonyl (C=O) groups is 2. The van der Waals surface area contributed by atoms with Crippen LogP contribution in [0.15, 0.2) is 46.5 Å². The molecule has 1 aliphatic heterocycles. The Morgan fingerprint density at radius 3 is 2.83 bits per heavy atom. The summed E-state index contributed by atoms with van der Waals surface area (Å²) < 4.78 is 0. The van der Waals surface area contributed by atoms with E-state index in [1.165, 1.54) is 22.9 Å². The van der Waals surface area contributed by atoms with Gasteiger partial charge in [-0.05, 0) is 49.2 Å². The molecule has 0 atom stereocenters. The number of aryl methyl sites for hydroxylation is 2. The topological polar surface area (TPSA) is 62.3 Å². The molecule has 0 saturated carbocycles. The first kappa shape index (κ1) is 16.5. The number of hydrogen-bond donors (Lipinski definition) is 1. The van der Waals surface area contributed by atoms with Gasteiger partial charge in [0, 0.05) is 24.2 Å². The van der Waals surface area contributed by atoms with Crippen LogP contribution in [-0.2, 0) is 4.79 Å². The number of aromatic nitrogens is 1. The standard InChI is InChI=1S/C18H19N3O2S/c1-12-5-6-14(10-13(12)2)24-17-15(4-3-7-20-17)18(23)21-9-8-19-16(22)11-21/h3-7,10H,8-9,11H2,1-2H3,(H,19,22). The highest BCUT2D eigenvalue weighted by Crippen LogP contribution is 2.30. The Morgan fingerprint density at radius 2 is 2.08 bits per heavy atom. The van der Waals surface area contributed by atoms with Crippen LogP contribution in [0, 0.1) is 13.8 Å². The molecule has 6 heteroatoms. The van der Waals surface area contributed by atoms with E-state index >= 15 is 0 Å². The third kappa shape index (κ3) is 3.59. The molecule has 3 rings (SSSR count). The van der Waals surface area contributed by atoms with Crippen molar-refractivity contribution in [2.24, 2.45) is 0 Å². The van der Waals surface area contributed by atoms with Gasteiger partial charge >= 0.3 is 0 Å². The fraction of sp³-hybridized carbons (Fsp3) is 0.278. The first-order valence-electron chi connectivity index (χ1n) is 7.80. The maximum atomic E-state index is 12.8. The number of benzene rings is 1. The van der Waals surface area contributed by atoms with E-state index in [0.717, 1.165) is 4.90 Å². The number of pyridine rings is 1.